The lowest BCUT2D eigenvalue weighted by Gasteiger charge is -2.11. The largest absolute Gasteiger partial charge is 0.573 e. The van der Waals surface area contributed by atoms with Crippen LogP contribution in [0, 0.1) is 10.1 Å². The van der Waals surface area contributed by atoms with Gasteiger partial charge in [-0.15, -0.1) is 13.2 Å². The molecule has 0 aliphatic rings. The summed E-state index contributed by atoms with van der Waals surface area (Å²) in [6.07, 6.45) is -4.91. The molecule has 0 unspecified atom stereocenters. The van der Waals surface area contributed by atoms with E-state index in [4.69, 9.17) is 5.11 Å². The Bertz CT molecular complexity index is 773. The monoisotopic (exact) mass is 327 g/mol. The van der Waals surface area contributed by atoms with Gasteiger partial charge in [-0.1, -0.05) is 18.2 Å². The Hall–Kier alpha value is -3.10. The lowest BCUT2D eigenvalue weighted by Crippen LogP contribution is -2.17. The van der Waals surface area contributed by atoms with Crippen molar-refractivity contribution in [2.45, 2.75) is 6.36 Å². The van der Waals surface area contributed by atoms with E-state index in [1.807, 2.05) is 0 Å². The first-order valence-corrected chi connectivity index (χ1v) is 6.06. The van der Waals surface area contributed by atoms with E-state index < -0.39 is 34.3 Å². The van der Waals surface area contributed by atoms with E-state index in [9.17, 15) is 28.1 Å². The normalized spacial score (nSPS) is 11.1. The molecule has 0 heterocycles. The smallest absolute Gasteiger partial charge is 0.477 e. The highest BCUT2D eigenvalue weighted by atomic mass is 19.4. The third-order valence-electron chi connectivity index (χ3n) is 2.83. The zero-order valence-corrected chi connectivity index (χ0v) is 11.2. The molecule has 120 valence electrons. The number of carbonyl (C=O) groups is 1. The number of carboxylic acid groups (broad SMARTS) is 1. The van der Waals surface area contributed by atoms with Crippen molar-refractivity contribution in [2.24, 2.45) is 0 Å². The van der Waals surface area contributed by atoms with Gasteiger partial charge in [0.1, 0.15) is 11.3 Å². The molecule has 0 aromatic heterocycles. The molecule has 0 amide bonds. The molecular formula is C14H8F3NO5. The van der Waals surface area contributed by atoms with Gasteiger partial charge in [0.05, 0.1) is 10.5 Å². The summed E-state index contributed by atoms with van der Waals surface area (Å²) in [5.74, 6) is -2.08. The molecule has 2 rings (SSSR count). The van der Waals surface area contributed by atoms with E-state index in [1.54, 1.807) is 0 Å². The quantitative estimate of drug-likeness (QED) is 0.680. The number of halogens is 3. The Balaban J connectivity index is 2.59. The van der Waals surface area contributed by atoms with Crippen LogP contribution >= 0.6 is 0 Å². The van der Waals surface area contributed by atoms with Crippen LogP contribution in [0.15, 0.2) is 42.5 Å². The molecule has 0 fully saturated rings. The summed E-state index contributed by atoms with van der Waals surface area (Å²) in [6, 6.07) is 8.07. The fraction of sp³-hybridized carbons (Fsp3) is 0.0714. The Kier molecular flexibility index (Phi) is 4.21. The third kappa shape index (κ3) is 3.76. The SMILES string of the molecule is O=C(O)c1cccc(-c2cccc(OC(F)(F)F)c2)c1[N+](=O)[O-]. The summed E-state index contributed by atoms with van der Waals surface area (Å²) in [7, 11) is 0. The molecule has 0 radical (unpaired) electrons. The maximum atomic E-state index is 12.2. The first-order chi connectivity index (χ1) is 10.7. The molecule has 0 spiro atoms. The number of aromatic carboxylic acids is 1. The van der Waals surface area contributed by atoms with Gasteiger partial charge in [-0.3, -0.25) is 10.1 Å². The molecule has 2 aromatic rings. The number of nitrogens with zero attached hydrogens (tertiary/aromatic N) is 1. The van der Waals surface area contributed by atoms with Gasteiger partial charge in [-0.05, 0) is 29.8 Å². The fourth-order valence-corrected chi connectivity index (χ4v) is 2.01. The number of hydrogen-bond acceptors (Lipinski definition) is 4. The number of rotatable bonds is 4. The molecule has 23 heavy (non-hydrogen) atoms. The summed E-state index contributed by atoms with van der Waals surface area (Å²) in [4.78, 5) is 21.4. The zero-order valence-electron chi connectivity index (χ0n) is 11.2. The van der Waals surface area contributed by atoms with Crippen LogP contribution in [0.1, 0.15) is 10.4 Å². The molecule has 0 bridgehead atoms. The number of carboxylic acids is 1. The van der Waals surface area contributed by atoms with Crippen molar-refractivity contribution in [1.29, 1.82) is 0 Å². The summed E-state index contributed by atoms with van der Waals surface area (Å²) in [5.41, 5.74) is -1.36. The number of hydrogen-bond donors (Lipinski definition) is 1. The van der Waals surface area contributed by atoms with Gasteiger partial charge in [-0.25, -0.2) is 4.79 Å². The standard InChI is InChI=1S/C14H8F3NO5/c15-14(16,17)23-9-4-1-3-8(7-9)10-5-2-6-11(13(19)20)12(10)18(21)22/h1-7H,(H,19,20). The van der Waals surface area contributed by atoms with Gasteiger partial charge in [0.15, 0.2) is 0 Å². The summed E-state index contributed by atoms with van der Waals surface area (Å²) in [5, 5.41) is 20.2. The van der Waals surface area contributed by atoms with Crippen LogP contribution in [0.4, 0.5) is 18.9 Å². The van der Waals surface area contributed by atoms with Crippen LogP contribution in [0.2, 0.25) is 0 Å². The second-order valence-electron chi connectivity index (χ2n) is 4.34. The number of alkyl halides is 3. The molecule has 0 aliphatic carbocycles. The van der Waals surface area contributed by atoms with E-state index in [0.717, 1.165) is 18.2 Å². The van der Waals surface area contributed by atoms with Crippen molar-refractivity contribution < 1.29 is 32.7 Å². The minimum atomic E-state index is -4.91. The topological polar surface area (TPSA) is 89.7 Å². The van der Waals surface area contributed by atoms with Gasteiger partial charge in [0, 0.05) is 0 Å². The van der Waals surface area contributed by atoms with Gasteiger partial charge in [-0.2, -0.15) is 0 Å². The van der Waals surface area contributed by atoms with Gasteiger partial charge in [0.25, 0.3) is 5.69 Å². The van der Waals surface area contributed by atoms with Gasteiger partial charge in [0.2, 0.25) is 0 Å². The minimum absolute atomic E-state index is 0.0292. The van der Waals surface area contributed by atoms with Crippen molar-refractivity contribution in [3.8, 4) is 16.9 Å². The second-order valence-corrected chi connectivity index (χ2v) is 4.34. The van der Waals surface area contributed by atoms with E-state index in [1.165, 1.54) is 24.3 Å². The van der Waals surface area contributed by atoms with Crippen molar-refractivity contribution in [3.63, 3.8) is 0 Å². The lowest BCUT2D eigenvalue weighted by molar-refractivity contribution is -0.384. The van der Waals surface area contributed by atoms with E-state index >= 15 is 0 Å². The summed E-state index contributed by atoms with van der Waals surface area (Å²) < 4.78 is 40.5. The molecule has 0 atom stereocenters. The Morgan fingerprint density at radius 2 is 1.83 bits per heavy atom. The number of benzene rings is 2. The second kappa shape index (κ2) is 5.95. The van der Waals surface area contributed by atoms with Crippen LogP contribution in [-0.4, -0.2) is 22.4 Å². The maximum Gasteiger partial charge on any atom is 0.573 e. The molecule has 0 saturated carbocycles. The predicted octanol–water partition coefficient (Wildman–Crippen LogP) is 3.86. The van der Waals surface area contributed by atoms with E-state index in [0.29, 0.717) is 0 Å². The maximum absolute atomic E-state index is 12.2. The lowest BCUT2D eigenvalue weighted by atomic mass is 10.00. The molecule has 1 N–H and O–H groups in total. The minimum Gasteiger partial charge on any atom is -0.477 e. The van der Waals surface area contributed by atoms with Crippen LogP contribution in [-0.2, 0) is 0 Å². The Labute approximate surface area is 126 Å². The number of ether oxygens (including phenoxy) is 1. The number of nitro groups is 1. The Morgan fingerprint density at radius 3 is 2.39 bits per heavy atom. The van der Waals surface area contributed by atoms with Crippen LogP contribution < -0.4 is 4.74 Å². The molecule has 6 nitrogen and oxygen atoms in total. The van der Waals surface area contributed by atoms with Gasteiger partial charge >= 0.3 is 12.3 Å². The van der Waals surface area contributed by atoms with Gasteiger partial charge < -0.3 is 9.84 Å². The van der Waals surface area contributed by atoms with E-state index in [-0.39, 0.29) is 11.1 Å². The van der Waals surface area contributed by atoms with Crippen LogP contribution in [0.3, 0.4) is 0 Å². The Morgan fingerprint density at radius 1 is 1.17 bits per heavy atom. The van der Waals surface area contributed by atoms with Crippen molar-refractivity contribution >= 4 is 11.7 Å². The fourth-order valence-electron chi connectivity index (χ4n) is 2.01. The first-order valence-electron chi connectivity index (χ1n) is 6.06. The molecule has 2 aromatic carbocycles. The zero-order chi connectivity index (χ0) is 17.2. The first kappa shape index (κ1) is 16.3. The number of nitro benzene ring substituents is 1. The highest BCUT2D eigenvalue weighted by Crippen LogP contribution is 2.35. The average molecular weight is 327 g/mol. The van der Waals surface area contributed by atoms with Crippen LogP contribution in [0.5, 0.6) is 5.75 Å². The molecule has 0 saturated heterocycles. The highest BCUT2D eigenvalue weighted by Gasteiger charge is 2.31. The molecular weight excluding hydrogens is 319 g/mol. The molecule has 9 heteroatoms. The molecule has 0 aliphatic heterocycles. The van der Waals surface area contributed by atoms with Crippen molar-refractivity contribution in [1.82, 2.24) is 0 Å². The highest BCUT2D eigenvalue weighted by molar-refractivity contribution is 5.96. The summed E-state index contributed by atoms with van der Waals surface area (Å²) in [6.45, 7) is 0. The predicted molar refractivity (Wildman–Crippen MR) is 72.2 cm³/mol. The van der Waals surface area contributed by atoms with E-state index in [2.05, 4.69) is 4.74 Å². The third-order valence-corrected chi connectivity index (χ3v) is 2.83. The van der Waals surface area contributed by atoms with Crippen molar-refractivity contribution in [2.75, 3.05) is 0 Å². The average Bonchev–Trinajstić information content (AvgIpc) is 2.44. The number of para-hydroxylation sites is 1. The summed E-state index contributed by atoms with van der Waals surface area (Å²) >= 11 is 0. The van der Waals surface area contributed by atoms with Crippen molar-refractivity contribution in [3.05, 3.63) is 58.1 Å². The van der Waals surface area contributed by atoms with Crippen LogP contribution in [0.25, 0.3) is 11.1 Å².